The molecule has 1 aromatic heterocycles. The monoisotopic (exact) mass is 276 g/mol. The summed E-state index contributed by atoms with van der Waals surface area (Å²) in [5.41, 5.74) is 2.09. The predicted molar refractivity (Wildman–Crippen MR) is 74.6 cm³/mol. The second-order valence-corrected chi connectivity index (χ2v) is 5.51. The fourth-order valence-electron chi connectivity index (χ4n) is 2.55. The van der Waals surface area contributed by atoms with Crippen molar-refractivity contribution >= 4 is 11.7 Å². The van der Waals surface area contributed by atoms with Crippen molar-refractivity contribution in [2.45, 2.75) is 13.8 Å². The van der Waals surface area contributed by atoms with E-state index in [9.17, 15) is 4.79 Å². The highest BCUT2D eigenvalue weighted by molar-refractivity contribution is 5.82. The Labute approximate surface area is 118 Å². The lowest BCUT2D eigenvalue weighted by Gasteiger charge is -2.41. The lowest BCUT2D eigenvalue weighted by atomic mass is 9.98. The Hall–Kier alpha value is -1.69. The predicted octanol–water partition coefficient (Wildman–Crippen LogP) is 0.388. The molecule has 2 aliphatic rings. The summed E-state index contributed by atoms with van der Waals surface area (Å²) in [4.78, 5) is 16.3. The van der Waals surface area contributed by atoms with Gasteiger partial charge in [-0.25, -0.2) is 0 Å². The first-order chi connectivity index (χ1) is 9.65. The SMILES string of the molecule is Cc1cc(N2CC(C(=O)N3CCOCC3)C2)nnc1C. The molecule has 0 spiro atoms. The molecule has 0 radical (unpaired) electrons. The summed E-state index contributed by atoms with van der Waals surface area (Å²) in [6.45, 7) is 8.23. The van der Waals surface area contributed by atoms with E-state index in [1.165, 1.54) is 0 Å². The van der Waals surface area contributed by atoms with Crippen molar-refractivity contribution in [1.82, 2.24) is 15.1 Å². The summed E-state index contributed by atoms with van der Waals surface area (Å²) in [6.07, 6.45) is 0. The van der Waals surface area contributed by atoms with Crippen molar-refractivity contribution in [1.29, 1.82) is 0 Å². The van der Waals surface area contributed by atoms with Gasteiger partial charge in [0.05, 0.1) is 24.8 Å². The molecule has 2 aliphatic heterocycles. The molecule has 20 heavy (non-hydrogen) atoms. The Balaban J connectivity index is 1.57. The van der Waals surface area contributed by atoms with E-state index in [1.54, 1.807) is 0 Å². The van der Waals surface area contributed by atoms with Crippen LogP contribution in [0.1, 0.15) is 11.3 Å². The first kappa shape index (κ1) is 13.3. The molecule has 108 valence electrons. The minimum absolute atomic E-state index is 0.0940. The van der Waals surface area contributed by atoms with Crippen LogP contribution < -0.4 is 4.90 Å². The van der Waals surface area contributed by atoms with E-state index in [0.29, 0.717) is 13.2 Å². The summed E-state index contributed by atoms with van der Waals surface area (Å²) in [6, 6.07) is 2.04. The number of amides is 1. The van der Waals surface area contributed by atoms with Gasteiger partial charge in [-0.05, 0) is 25.5 Å². The Bertz CT molecular complexity index is 508. The lowest BCUT2D eigenvalue weighted by molar-refractivity contribution is -0.140. The van der Waals surface area contributed by atoms with Crippen LogP contribution in [0.3, 0.4) is 0 Å². The summed E-state index contributed by atoms with van der Waals surface area (Å²) in [5.74, 6) is 1.22. The van der Waals surface area contributed by atoms with Gasteiger partial charge < -0.3 is 14.5 Å². The third-order valence-electron chi connectivity index (χ3n) is 4.10. The lowest BCUT2D eigenvalue weighted by Crippen LogP contribution is -2.56. The molecule has 2 saturated heterocycles. The molecule has 3 rings (SSSR count). The summed E-state index contributed by atoms with van der Waals surface area (Å²) in [7, 11) is 0. The highest BCUT2D eigenvalue weighted by Crippen LogP contribution is 2.25. The van der Waals surface area contributed by atoms with E-state index in [1.807, 2.05) is 24.8 Å². The van der Waals surface area contributed by atoms with Gasteiger partial charge in [0.15, 0.2) is 5.82 Å². The van der Waals surface area contributed by atoms with Gasteiger partial charge in [0.2, 0.25) is 5.91 Å². The highest BCUT2D eigenvalue weighted by Gasteiger charge is 2.36. The second-order valence-electron chi connectivity index (χ2n) is 5.51. The van der Waals surface area contributed by atoms with Crippen LogP contribution in [0.5, 0.6) is 0 Å². The van der Waals surface area contributed by atoms with Gasteiger partial charge in [0.25, 0.3) is 0 Å². The molecule has 0 unspecified atom stereocenters. The van der Waals surface area contributed by atoms with E-state index in [2.05, 4.69) is 15.1 Å². The van der Waals surface area contributed by atoms with Crippen LogP contribution in [0, 0.1) is 19.8 Å². The Morgan fingerprint density at radius 3 is 2.60 bits per heavy atom. The number of aryl methyl sites for hydroxylation is 2. The van der Waals surface area contributed by atoms with Crippen molar-refractivity contribution in [2.75, 3.05) is 44.3 Å². The Morgan fingerprint density at radius 1 is 1.25 bits per heavy atom. The number of aromatic nitrogens is 2. The van der Waals surface area contributed by atoms with Gasteiger partial charge >= 0.3 is 0 Å². The fourth-order valence-corrected chi connectivity index (χ4v) is 2.55. The molecule has 6 nitrogen and oxygen atoms in total. The molecule has 3 heterocycles. The molecule has 1 amide bonds. The van der Waals surface area contributed by atoms with Gasteiger partial charge in [0, 0.05) is 26.2 Å². The average molecular weight is 276 g/mol. The average Bonchev–Trinajstić information content (AvgIpc) is 2.42. The van der Waals surface area contributed by atoms with Crippen LogP contribution in [-0.4, -0.2) is 60.4 Å². The molecular formula is C14H20N4O2. The number of anilines is 1. The third kappa shape index (κ3) is 2.47. The van der Waals surface area contributed by atoms with Crippen LogP contribution in [-0.2, 0) is 9.53 Å². The molecule has 0 aromatic carbocycles. The Kier molecular flexibility index (Phi) is 3.56. The number of morpholine rings is 1. The van der Waals surface area contributed by atoms with Gasteiger partial charge in [-0.1, -0.05) is 0 Å². The standard InChI is InChI=1S/C14H20N4O2/c1-10-7-13(16-15-11(10)2)18-8-12(9-18)14(19)17-3-5-20-6-4-17/h7,12H,3-6,8-9H2,1-2H3. The van der Waals surface area contributed by atoms with E-state index in [0.717, 1.165) is 43.3 Å². The zero-order chi connectivity index (χ0) is 14.1. The fraction of sp³-hybridized carbons (Fsp3) is 0.643. The van der Waals surface area contributed by atoms with Gasteiger partial charge in [-0.3, -0.25) is 4.79 Å². The normalized spacial score (nSPS) is 19.9. The highest BCUT2D eigenvalue weighted by atomic mass is 16.5. The maximum absolute atomic E-state index is 12.3. The third-order valence-corrected chi connectivity index (χ3v) is 4.10. The van der Waals surface area contributed by atoms with E-state index in [-0.39, 0.29) is 11.8 Å². The van der Waals surface area contributed by atoms with Crippen molar-refractivity contribution in [3.8, 4) is 0 Å². The first-order valence-corrected chi connectivity index (χ1v) is 7.07. The molecule has 0 bridgehead atoms. The summed E-state index contributed by atoms with van der Waals surface area (Å²) < 4.78 is 5.27. The van der Waals surface area contributed by atoms with Crippen molar-refractivity contribution in [2.24, 2.45) is 5.92 Å². The van der Waals surface area contributed by atoms with Crippen LogP contribution in [0.4, 0.5) is 5.82 Å². The van der Waals surface area contributed by atoms with E-state index in [4.69, 9.17) is 4.74 Å². The van der Waals surface area contributed by atoms with Gasteiger partial charge in [-0.15, -0.1) is 5.10 Å². The van der Waals surface area contributed by atoms with E-state index < -0.39 is 0 Å². The zero-order valence-electron chi connectivity index (χ0n) is 12.0. The van der Waals surface area contributed by atoms with Gasteiger partial charge in [-0.2, -0.15) is 5.10 Å². The number of hydrogen-bond acceptors (Lipinski definition) is 5. The largest absolute Gasteiger partial charge is 0.378 e. The number of rotatable bonds is 2. The molecule has 0 aliphatic carbocycles. The molecule has 6 heteroatoms. The van der Waals surface area contributed by atoms with Crippen LogP contribution in [0.25, 0.3) is 0 Å². The molecule has 1 aromatic rings. The molecule has 0 N–H and O–H groups in total. The minimum Gasteiger partial charge on any atom is -0.378 e. The quantitative estimate of drug-likeness (QED) is 0.782. The number of nitrogens with zero attached hydrogens (tertiary/aromatic N) is 4. The van der Waals surface area contributed by atoms with Crippen LogP contribution >= 0.6 is 0 Å². The van der Waals surface area contributed by atoms with Crippen LogP contribution in [0.15, 0.2) is 6.07 Å². The van der Waals surface area contributed by atoms with Crippen LogP contribution in [0.2, 0.25) is 0 Å². The van der Waals surface area contributed by atoms with Gasteiger partial charge in [0.1, 0.15) is 0 Å². The van der Waals surface area contributed by atoms with Crippen molar-refractivity contribution in [3.05, 3.63) is 17.3 Å². The summed E-state index contributed by atoms with van der Waals surface area (Å²) in [5, 5.41) is 8.34. The maximum Gasteiger partial charge on any atom is 0.229 e. The molecular weight excluding hydrogens is 256 g/mol. The second kappa shape index (κ2) is 5.36. The first-order valence-electron chi connectivity index (χ1n) is 7.07. The maximum atomic E-state index is 12.3. The zero-order valence-corrected chi connectivity index (χ0v) is 12.0. The van der Waals surface area contributed by atoms with Crippen molar-refractivity contribution < 1.29 is 9.53 Å². The molecule has 0 saturated carbocycles. The smallest absolute Gasteiger partial charge is 0.229 e. The number of carbonyl (C=O) groups is 1. The summed E-state index contributed by atoms with van der Waals surface area (Å²) >= 11 is 0. The molecule has 2 fully saturated rings. The Morgan fingerprint density at radius 2 is 1.95 bits per heavy atom. The minimum atomic E-state index is 0.0940. The topological polar surface area (TPSA) is 58.6 Å². The number of ether oxygens (including phenoxy) is 1. The van der Waals surface area contributed by atoms with Crippen molar-refractivity contribution in [3.63, 3.8) is 0 Å². The number of hydrogen-bond donors (Lipinski definition) is 0. The van der Waals surface area contributed by atoms with E-state index >= 15 is 0 Å². The molecule has 0 atom stereocenters. The number of carbonyl (C=O) groups excluding carboxylic acids is 1.